The number of anilines is 1. The summed E-state index contributed by atoms with van der Waals surface area (Å²) in [5.74, 6) is -0.467. The average Bonchev–Trinajstić information content (AvgIpc) is 3.10. The topological polar surface area (TPSA) is 57.8 Å². The largest absolute Gasteiger partial charge is 0.321 e. The van der Waals surface area contributed by atoms with Gasteiger partial charge >= 0.3 is 0 Å². The van der Waals surface area contributed by atoms with Crippen LogP contribution in [0.5, 0.6) is 0 Å². The first-order valence-electron chi connectivity index (χ1n) is 8.10. The van der Waals surface area contributed by atoms with Gasteiger partial charge < -0.3 is 9.88 Å². The molecule has 0 spiro atoms. The van der Waals surface area contributed by atoms with Crippen molar-refractivity contribution in [2.24, 2.45) is 0 Å². The van der Waals surface area contributed by atoms with E-state index >= 15 is 0 Å². The molecule has 1 amide bonds. The molecule has 1 N–H and O–H groups in total. The number of benzene rings is 2. The number of hydrogen-bond acceptors (Lipinski definition) is 2. The van der Waals surface area contributed by atoms with E-state index < -0.39 is 5.91 Å². The van der Waals surface area contributed by atoms with Crippen molar-refractivity contribution in [1.82, 2.24) is 4.57 Å². The van der Waals surface area contributed by atoms with Gasteiger partial charge in [0.1, 0.15) is 11.6 Å². The van der Waals surface area contributed by atoms with Crippen molar-refractivity contribution in [2.45, 2.75) is 6.92 Å². The Kier molecular flexibility index (Phi) is 5.80. The van der Waals surface area contributed by atoms with Crippen LogP contribution in [-0.4, -0.2) is 10.5 Å². The highest BCUT2D eigenvalue weighted by Crippen LogP contribution is 2.22. The summed E-state index contributed by atoms with van der Waals surface area (Å²) >= 11 is 9.58. The van der Waals surface area contributed by atoms with Gasteiger partial charge in [-0.25, -0.2) is 0 Å². The molecule has 3 aromatic rings. The van der Waals surface area contributed by atoms with E-state index in [0.717, 1.165) is 15.7 Å². The number of hydrogen-bond donors (Lipinski definition) is 1. The number of halogens is 2. The molecule has 0 unspecified atom stereocenters. The molecule has 0 fully saturated rings. The fraction of sp³-hybridized carbons (Fsp3) is 0.0476. The quantitative estimate of drug-likeness (QED) is 0.415. The Bertz CT molecular complexity index is 1080. The van der Waals surface area contributed by atoms with Gasteiger partial charge in [-0.05, 0) is 61.0 Å². The molecular formula is C21H15BrClN3O. The molecular weight excluding hydrogens is 426 g/mol. The van der Waals surface area contributed by atoms with E-state index in [4.69, 9.17) is 11.6 Å². The molecule has 4 nitrogen and oxygen atoms in total. The SMILES string of the molecule is Cc1ccc(-n2cccc2/C=C(/C#N)C(=O)Nc2cccc(Br)c2)cc1Cl. The summed E-state index contributed by atoms with van der Waals surface area (Å²) in [6.07, 6.45) is 3.41. The van der Waals surface area contributed by atoms with Gasteiger partial charge in [0.15, 0.2) is 0 Å². The molecule has 0 aliphatic heterocycles. The molecule has 1 heterocycles. The molecule has 134 valence electrons. The lowest BCUT2D eigenvalue weighted by Gasteiger charge is -2.09. The molecule has 0 aliphatic rings. The second-order valence-electron chi connectivity index (χ2n) is 5.87. The number of amides is 1. The van der Waals surface area contributed by atoms with Crippen LogP contribution >= 0.6 is 27.5 Å². The average molecular weight is 441 g/mol. The monoisotopic (exact) mass is 439 g/mol. The molecule has 0 bridgehead atoms. The Morgan fingerprint density at radius 1 is 1.22 bits per heavy atom. The normalized spacial score (nSPS) is 11.1. The molecule has 3 rings (SSSR count). The van der Waals surface area contributed by atoms with E-state index in [0.29, 0.717) is 16.4 Å². The summed E-state index contributed by atoms with van der Waals surface area (Å²) in [5, 5.41) is 12.8. The minimum atomic E-state index is -0.467. The van der Waals surface area contributed by atoms with Crippen molar-refractivity contribution in [3.63, 3.8) is 0 Å². The highest BCUT2D eigenvalue weighted by molar-refractivity contribution is 9.10. The number of aromatic nitrogens is 1. The second-order valence-corrected chi connectivity index (χ2v) is 7.19. The maximum atomic E-state index is 12.5. The third kappa shape index (κ3) is 4.48. The van der Waals surface area contributed by atoms with Crippen molar-refractivity contribution in [2.75, 3.05) is 5.32 Å². The Morgan fingerprint density at radius 2 is 2.04 bits per heavy atom. The molecule has 27 heavy (non-hydrogen) atoms. The minimum Gasteiger partial charge on any atom is -0.321 e. The summed E-state index contributed by atoms with van der Waals surface area (Å²) in [5.41, 5.74) is 3.16. The number of nitrogens with zero attached hydrogens (tertiary/aromatic N) is 2. The van der Waals surface area contributed by atoms with Crippen LogP contribution in [0.15, 0.2) is 70.8 Å². The zero-order chi connectivity index (χ0) is 19.4. The predicted molar refractivity (Wildman–Crippen MR) is 112 cm³/mol. The third-order valence-electron chi connectivity index (χ3n) is 3.95. The van der Waals surface area contributed by atoms with Gasteiger partial charge in [-0.15, -0.1) is 0 Å². The number of aryl methyl sites for hydroxylation is 1. The zero-order valence-corrected chi connectivity index (χ0v) is 16.8. The summed E-state index contributed by atoms with van der Waals surface area (Å²) in [7, 11) is 0. The van der Waals surface area contributed by atoms with Crippen LogP contribution in [0, 0.1) is 18.3 Å². The van der Waals surface area contributed by atoms with E-state index in [-0.39, 0.29) is 5.57 Å². The van der Waals surface area contributed by atoms with Crippen LogP contribution in [0.1, 0.15) is 11.3 Å². The number of nitriles is 1. The van der Waals surface area contributed by atoms with E-state index in [1.54, 1.807) is 18.2 Å². The van der Waals surface area contributed by atoms with Crippen LogP contribution < -0.4 is 5.32 Å². The number of carbonyl (C=O) groups excluding carboxylic acids is 1. The Hall–Kier alpha value is -2.81. The van der Waals surface area contributed by atoms with E-state index in [9.17, 15) is 10.1 Å². The highest BCUT2D eigenvalue weighted by Gasteiger charge is 2.12. The highest BCUT2D eigenvalue weighted by atomic mass is 79.9. The Balaban J connectivity index is 1.90. The van der Waals surface area contributed by atoms with E-state index in [2.05, 4.69) is 21.2 Å². The Labute approximate surface area is 170 Å². The maximum Gasteiger partial charge on any atom is 0.266 e. The molecule has 0 saturated carbocycles. The van der Waals surface area contributed by atoms with Crippen LogP contribution in [0.3, 0.4) is 0 Å². The van der Waals surface area contributed by atoms with Gasteiger partial charge in [0.05, 0.1) is 0 Å². The summed E-state index contributed by atoms with van der Waals surface area (Å²) in [4.78, 5) is 12.5. The van der Waals surface area contributed by atoms with Gasteiger partial charge in [-0.1, -0.05) is 39.7 Å². The smallest absolute Gasteiger partial charge is 0.266 e. The first kappa shape index (κ1) is 19.0. The molecule has 0 aliphatic carbocycles. The van der Waals surface area contributed by atoms with Crippen molar-refractivity contribution < 1.29 is 4.79 Å². The van der Waals surface area contributed by atoms with Crippen LogP contribution in [-0.2, 0) is 4.79 Å². The van der Waals surface area contributed by atoms with Gasteiger partial charge in [-0.3, -0.25) is 4.79 Å². The fourth-order valence-electron chi connectivity index (χ4n) is 2.54. The molecule has 2 aromatic carbocycles. The number of rotatable bonds is 4. The van der Waals surface area contributed by atoms with Crippen molar-refractivity contribution >= 4 is 45.2 Å². The zero-order valence-electron chi connectivity index (χ0n) is 14.4. The van der Waals surface area contributed by atoms with Gasteiger partial charge in [0.2, 0.25) is 0 Å². The van der Waals surface area contributed by atoms with E-state index in [1.165, 1.54) is 0 Å². The summed E-state index contributed by atoms with van der Waals surface area (Å²) in [6, 6.07) is 18.6. The first-order valence-corrected chi connectivity index (χ1v) is 9.27. The summed E-state index contributed by atoms with van der Waals surface area (Å²) in [6.45, 7) is 1.93. The van der Waals surface area contributed by atoms with Crippen LogP contribution in [0.4, 0.5) is 5.69 Å². The number of nitrogens with one attached hydrogen (secondary N) is 1. The van der Waals surface area contributed by atoms with Crippen molar-refractivity contribution in [3.8, 4) is 11.8 Å². The van der Waals surface area contributed by atoms with Gasteiger partial charge in [0, 0.05) is 32.8 Å². The molecule has 0 saturated heterocycles. The predicted octanol–water partition coefficient (Wildman–Crippen LogP) is 5.75. The lowest BCUT2D eigenvalue weighted by molar-refractivity contribution is -0.112. The molecule has 0 atom stereocenters. The van der Waals surface area contributed by atoms with Crippen LogP contribution in [0.25, 0.3) is 11.8 Å². The second kappa shape index (κ2) is 8.26. The maximum absolute atomic E-state index is 12.5. The Morgan fingerprint density at radius 3 is 2.74 bits per heavy atom. The van der Waals surface area contributed by atoms with Crippen molar-refractivity contribution in [1.29, 1.82) is 5.26 Å². The standard InChI is InChI=1S/C21H15BrClN3O/c1-14-7-8-19(12-20(14)23)26-9-3-6-18(26)10-15(13-24)21(27)25-17-5-2-4-16(22)11-17/h2-12H,1H3,(H,25,27)/b15-10-. The lowest BCUT2D eigenvalue weighted by Crippen LogP contribution is -2.13. The van der Waals surface area contributed by atoms with E-state index in [1.807, 2.05) is 66.2 Å². The molecule has 6 heteroatoms. The first-order chi connectivity index (χ1) is 13.0. The summed E-state index contributed by atoms with van der Waals surface area (Å²) < 4.78 is 2.71. The molecule has 1 aromatic heterocycles. The van der Waals surface area contributed by atoms with Crippen molar-refractivity contribution in [3.05, 3.63) is 87.1 Å². The molecule has 0 radical (unpaired) electrons. The van der Waals surface area contributed by atoms with Gasteiger partial charge in [-0.2, -0.15) is 5.26 Å². The third-order valence-corrected chi connectivity index (χ3v) is 4.85. The number of carbonyl (C=O) groups is 1. The lowest BCUT2D eigenvalue weighted by atomic mass is 10.2. The fourth-order valence-corrected chi connectivity index (χ4v) is 3.11. The minimum absolute atomic E-state index is 0.00753. The van der Waals surface area contributed by atoms with Crippen LogP contribution in [0.2, 0.25) is 5.02 Å². The van der Waals surface area contributed by atoms with Gasteiger partial charge in [0.25, 0.3) is 5.91 Å².